The zero-order valence-electron chi connectivity index (χ0n) is 9.21. The van der Waals surface area contributed by atoms with Crippen molar-refractivity contribution in [2.45, 2.75) is 0 Å². The number of nitrogens with one attached hydrogen (secondary N) is 1. The van der Waals surface area contributed by atoms with Crippen LogP contribution in [0.15, 0.2) is 42.5 Å². The van der Waals surface area contributed by atoms with E-state index in [1.165, 1.54) is 6.07 Å². The van der Waals surface area contributed by atoms with Crippen molar-refractivity contribution in [2.75, 3.05) is 12.4 Å². The molecule has 0 saturated heterocycles. The smallest absolute Gasteiger partial charge is 0.146 e. The van der Waals surface area contributed by atoms with Gasteiger partial charge in [0.1, 0.15) is 11.6 Å². The molecule has 1 N–H and O–H groups in total. The van der Waals surface area contributed by atoms with Gasteiger partial charge in [0.2, 0.25) is 0 Å². The third kappa shape index (κ3) is 2.68. The van der Waals surface area contributed by atoms with Gasteiger partial charge in [-0.3, -0.25) is 0 Å². The number of hydrogen-bond donors (Lipinski definition) is 1. The summed E-state index contributed by atoms with van der Waals surface area (Å²) in [6.07, 6.45) is 0. The van der Waals surface area contributed by atoms with Crippen LogP contribution < -0.4 is 10.1 Å². The lowest BCUT2D eigenvalue weighted by atomic mass is 10.2. The Morgan fingerprint density at radius 3 is 2.59 bits per heavy atom. The first-order valence-electron chi connectivity index (χ1n) is 5.06. The molecule has 0 aliphatic rings. The SMILES string of the molecule is COc1ccc(Cl)cc1Nc1ccccc1F. The van der Waals surface area contributed by atoms with Gasteiger partial charge in [0.25, 0.3) is 0 Å². The molecule has 0 atom stereocenters. The second kappa shape index (κ2) is 5.06. The second-order valence-corrected chi connectivity index (χ2v) is 3.89. The first-order valence-corrected chi connectivity index (χ1v) is 5.43. The lowest BCUT2D eigenvalue weighted by Gasteiger charge is -2.11. The summed E-state index contributed by atoms with van der Waals surface area (Å²) in [5.41, 5.74) is 1.01. The third-order valence-electron chi connectivity index (χ3n) is 2.30. The van der Waals surface area contributed by atoms with Crippen LogP contribution in [-0.4, -0.2) is 7.11 Å². The van der Waals surface area contributed by atoms with Crippen LogP contribution in [0.2, 0.25) is 5.02 Å². The van der Waals surface area contributed by atoms with Gasteiger partial charge in [0, 0.05) is 5.02 Å². The van der Waals surface area contributed by atoms with Crippen molar-refractivity contribution in [3.8, 4) is 5.75 Å². The predicted octanol–water partition coefficient (Wildman–Crippen LogP) is 4.23. The molecule has 0 fully saturated rings. The summed E-state index contributed by atoms with van der Waals surface area (Å²) in [7, 11) is 1.55. The zero-order valence-corrected chi connectivity index (χ0v) is 9.96. The molecule has 0 heterocycles. The van der Waals surface area contributed by atoms with Gasteiger partial charge in [-0.2, -0.15) is 0 Å². The molecule has 2 aromatic carbocycles. The fourth-order valence-corrected chi connectivity index (χ4v) is 1.66. The maximum absolute atomic E-state index is 13.5. The van der Waals surface area contributed by atoms with E-state index in [0.717, 1.165) is 0 Å². The molecule has 2 rings (SSSR count). The molecule has 0 radical (unpaired) electrons. The zero-order chi connectivity index (χ0) is 12.3. The van der Waals surface area contributed by atoms with Crippen LogP contribution in [0.3, 0.4) is 0 Å². The molecule has 0 saturated carbocycles. The molecular weight excluding hydrogens is 241 g/mol. The van der Waals surface area contributed by atoms with Crippen LogP contribution >= 0.6 is 11.6 Å². The molecular formula is C13H11ClFNO. The largest absolute Gasteiger partial charge is 0.495 e. The molecule has 0 unspecified atom stereocenters. The Balaban J connectivity index is 2.35. The van der Waals surface area contributed by atoms with Crippen LogP contribution in [0.4, 0.5) is 15.8 Å². The third-order valence-corrected chi connectivity index (χ3v) is 2.54. The fourth-order valence-electron chi connectivity index (χ4n) is 1.49. The minimum absolute atomic E-state index is 0.325. The molecule has 17 heavy (non-hydrogen) atoms. The predicted molar refractivity (Wildman–Crippen MR) is 67.7 cm³/mol. The number of ether oxygens (including phenoxy) is 1. The highest BCUT2D eigenvalue weighted by atomic mass is 35.5. The quantitative estimate of drug-likeness (QED) is 0.881. The average molecular weight is 252 g/mol. The van der Waals surface area contributed by atoms with E-state index in [1.54, 1.807) is 43.5 Å². The molecule has 0 amide bonds. The first-order chi connectivity index (χ1) is 8.20. The Morgan fingerprint density at radius 2 is 1.88 bits per heavy atom. The fraction of sp³-hybridized carbons (Fsp3) is 0.0769. The van der Waals surface area contributed by atoms with Crippen LogP contribution in [0.5, 0.6) is 5.75 Å². The second-order valence-electron chi connectivity index (χ2n) is 3.45. The van der Waals surface area contributed by atoms with Gasteiger partial charge in [-0.1, -0.05) is 23.7 Å². The van der Waals surface area contributed by atoms with Gasteiger partial charge < -0.3 is 10.1 Å². The topological polar surface area (TPSA) is 21.3 Å². The molecule has 4 heteroatoms. The Morgan fingerprint density at radius 1 is 1.12 bits per heavy atom. The van der Waals surface area contributed by atoms with Crippen LogP contribution in [0, 0.1) is 5.82 Å². The van der Waals surface area contributed by atoms with Crippen molar-refractivity contribution >= 4 is 23.0 Å². The van der Waals surface area contributed by atoms with E-state index in [4.69, 9.17) is 16.3 Å². The summed E-state index contributed by atoms with van der Waals surface area (Å²) in [4.78, 5) is 0. The van der Waals surface area contributed by atoms with E-state index in [0.29, 0.717) is 22.1 Å². The lowest BCUT2D eigenvalue weighted by Crippen LogP contribution is -1.96. The highest BCUT2D eigenvalue weighted by Gasteiger charge is 2.06. The van der Waals surface area contributed by atoms with Crippen LogP contribution in [0.1, 0.15) is 0 Å². The normalized spacial score (nSPS) is 10.1. The van der Waals surface area contributed by atoms with Crippen molar-refractivity contribution in [3.05, 3.63) is 53.3 Å². The molecule has 0 bridgehead atoms. The number of hydrogen-bond acceptors (Lipinski definition) is 2. The maximum Gasteiger partial charge on any atom is 0.146 e. The minimum atomic E-state index is -0.325. The lowest BCUT2D eigenvalue weighted by molar-refractivity contribution is 0.417. The van der Waals surface area contributed by atoms with Gasteiger partial charge in [0.05, 0.1) is 18.5 Å². The number of anilines is 2. The van der Waals surface area contributed by atoms with Gasteiger partial charge >= 0.3 is 0 Å². The number of rotatable bonds is 3. The monoisotopic (exact) mass is 251 g/mol. The molecule has 0 aromatic heterocycles. The number of halogens is 2. The Hall–Kier alpha value is -1.74. The molecule has 2 nitrogen and oxygen atoms in total. The molecule has 88 valence electrons. The number of benzene rings is 2. The molecule has 0 spiro atoms. The Bertz CT molecular complexity index is 531. The van der Waals surface area contributed by atoms with Gasteiger partial charge in [0.15, 0.2) is 0 Å². The molecule has 0 aliphatic carbocycles. The van der Waals surface area contributed by atoms with Gasteiger partial charge in [-0.05, 0) is 30.3 Å². The van der Waals surface area contributed by atoms with E-state index in [9.17, 15) is 4.39 Å². The summed E-state index contributed by atoms with van der Waals surface area (Å²) < 4.78 is 18.6. The van der Waals surface area contributed by atoms with Crippen LogP contribution in [-0.2, 0) is 0 Å². The highest BCUT2D eigenvalue weighted by Crippen LogP contribution is 2.31. The van der Waals surface area contributed by atoms with Crippen molar-refractivity contribution in [1.29, 1.82) is 0 Å². The maximum atomic E-state index is 13.5. The van der Waals surface area contributed by atoms with E-state index in [2.05, 4.69) is 5.32 Å². The van der Waals surface area contributed by atoms with Gasteiger partial charge in [-0.15, -0.1) is 0 Å². The Kier molecular flexibility index (Phi) is 3.49. The average Bonchev–Trinajstić information content (AvgIpc) is 2.32. The van der Waals surface area contributed by atoms with Crippen molar-refractivity contribution in [3.63, 3.8) is 0 Å². The molecule has 0 aliphatic heterocycles. The highest BCUT2D eigenvalue weighted by molar-refractivity contribution is 6.31. The number of para-hydroxylation sites is 1. The van der Waals surface area contributed by atoms with E-state index >= 15 is 0 Å². The van der Waals surface area contributed by atoms with E-state index in [1.807, 2.05) is 0 Å². The van der Waals surface area contributed by atoms with E-state index in [-0.39, 0.29) is 5.82 Å². The van der Waals surface area contributed by atoms with Crippen LogP contribution in [0.25, 0.3) is 0 Å². The minimum Gasteiger partial charge on any atom is -0.495 e. The summed E-state index contributed by atoms with van der Waals surface area (Å²) in [5, 5.41) is 3.51. The number of methoxy groups -OCH3 is 1. The summed E-state index contributed by atoms with van der Waals surface area (Å²) in [6, 6.07) is 11.6. The summed E-state index contributed by atoms with van der Waals surface area (Å²) >= 11 is 5.89. The first kappa shape index (κ1) is 11.7. The summed E-state index contributed by atoms with van der Waals surface area (Å²) in [5.74, 6) is 0.284. The molecule has 2 aromatic rings. The van der Waals surface area contributed by atoms with Crippen molar-refractivity contribution in [1.82, 2.24) is 0 Å². The van der Waals surface area contributed by atoms with E-state index < -0.39 is 0 Å². The standard InChI is InChI=1S/C13H11ClFNO/c1-17-13-7-6-9(14)8-12(13)16-11-5-3-2-4-10(11)15/h2-8,16H,1H3. The van der Waals surface area contributed by atoms with Gasteiger partial charge in [-0.25, -0.2) is 4.39 Å². The van der Waals surface area contributed by atoms with Crippen molar-refractivity contribution in [2.24, 2.45) is 0 Å². The Labute approximate surface area is 104 Å². The van der Waals surface area contributed by atoms with Crippen molar-refractivity contribution < 1.29 is 9.13 Å². The summed E-state index contributed by atoms with van der Waals surface area (Å²) in [6.45, 7) is 0.